The van der Waals surface area contributed by atoms with Gasteiger partial charge in [-0.15, -0.1) is 11.3 Å². The van der Waals surface area contributed by atoms with Crippen molar-refractivity contribution in [2.24, 2.45) is 5.92 Å². The zero-order valence-corrected chi connectivity index (χ0v) is 18.0. The van der Waals surface area contributed by atoms with Gasteiger partial charge in [0.25, 0.3) is 5.91 Å². The first kappa shape index (κ1) is 20.6. The van der Waals surface area contributed by atoms with Gasteiger partial charge >= 0.3 is 0 Å². The van der Waals surface area contributed by atoms with E-state index in [9.17, 15) is 9.59 Å². The van der Waals surface area contributed by atoms with E-state index in [2.05, 4.69) is 5.32 Å². The van der Waals surface area contributed by atoms with Gasteiger partial charge in [0.1, 0.15) is 0 Å². The van der Waals surface area contributed by atoms with Crippen LogP contribution in [0.15, 0.2) is 72.1 Å². The van der Waals surface area contributed by atoms with Crippen LogP contribution in [0.2, 0.25) is 5.02 Å². The Kier molecular flexibility index (Phi) is 6.50. The van der Waals surface area contributed by atoms with Gasteiger partial charge in [-0.05, 0) is 47.5 Å². The summed E-state index contributed by atoms with van der Waals surface area (Å²) in [5.74, 6) is -0.252. The minimum absolute atomic E-state index is 0.0111. The van der Waals surface area contributed by atoms with Crippen LogP contribution >= 0.6 is 22.9 Å². The maximum absolute atomic E-state index is 13.2. The van der Waals surface area contributed by atoms with Crippen LogP contribution in [-0.4, -0.2) is 29.8 Å². The smallest absolute Gasteiger partial charge is 0.263 e. The number of nitrogens with one attached hydrogen (secondary N) is 1. The standard InChI is InChI=1S/C24H23ClN2O2S/c25-20-11-4-9-18(15-20)22(17-7-2-1-3-8-17)26-23(28)19-10-5-13-27(16-19)24(29)21-12-6-14-30-21/h1-4,6-9,11-12,14-15,19,22H,5,10,13,16H2,(H,26,28). The van der Waals surface area contributed by atoms with Crippen LogP contribution in [0.5, 0.6) is 0 Å². The normalized spacial score (nSPS) is 17.4. The molecule has 0 saturated carbocycles. The highest BCUT2D eigenvalue weighted by molar-refractivity contribution is 7.12. The monoisotopic (exact) mass is 438 g/mol. The van der Waals surface area contributed by atoms with Crippen molar-refractivity contribution in [3.05, 3.63) is 93.1 Å². The molecule has 4 rings (SSSR count). The third kappa shape index (κ3) is 4.74. The number of hydrogen-bond acceptors (Lipinski definition) is 3. The molecule has 3 aromatic rings. The summed E-state index contributed by atoms with van der Waals surface area (Å²) in [6.45, 7) is 1.14. The van der Waals surface area contributed by atoms with Crippen LogP contribution in [0.3, 0.4) is 0 Å². The lowest BCUT2D eigenvalue weighted by molar-refractivity contribution is -0.126. The van der Waals surface area contributed by atoms with Crippen LogP contribution in [0.4, 0.5) is 0 Å². The highest BCUT2D eigenvalue weighted by atomic mass is 35.5. The number of benzene rings is 2. The summed E-state index contributed by atoms with van der Waals surface area (Å²) >= 11 is 7.65. The maximum Gasteiger partial charge on any atom is 0.263 e. The third-order valence-electron chi connectivity index (χ3n) is 5.41. The lowest BCUT2D eigenvalue weighted by Gasteiger charge is -2.33. The van der Waals surface area contributed by atoms with Crippen molar-refractivity contribution in [2.45, 2.75) is 18.9 Å². The first-order valence-corrected chi connectivity index (χ1v) is 11.3. The molecule has 0 bridgehead atoms. The van der Waals surface area contributed by atoms with E-state index in [0.717, 1.165) is 28.8 Å². The molecule has 6 heteroatoms. The lowest BCUT2D eigenvalue weighted by atomic mass is 9.94. The van der Waals surface area contributed by atoms with Gasteiger partial charge in [0, 0.05) is 18.1 Å². The van der Waals surface area contributed by atoms with Crippen molar-refractivity contribution in [2.75, 3.05) is 13.1 Å². The number of hydrogen-bond donors (Lipinski definition) is 1. The Morgan fingerprint density at radius 2 is 1.83 bits per heavy atom. The fourth-order valence-electron chi connectivity index (χ4n) is 3.88. The zero-order chi connectivity index (χ0) is 20.9. The van der Waals surface area contributed by atoms with Gasteiger partial charge in [-0.1, -0.05) is 60.1 Å². The molecule has 2 unspecified atom stereocenters. The largest absolute Gasteiger partial charge is 0.345 e. The first-order valence-electron chi connectivity index (χ1n) is 10.1. The molecule has 2 amide bonds. The number of piperidine rings is 1. The summed E-state index contributed by atoms with van der Waals surface area (Å²) in [6.07, 6.45) is 1.60. The molecule has 1 aliphatic heterocycles. The lowest BCUT2D eigenvalue weighted by Crippen LogP contribution is -2.46. The number of carbonyl (C=O) groups excluding carboxylic acids is 2. The molecule has 154 valence electrons. The fraction of sp³-hybridized carbons (Fsp3) is 0.250. The van der Waals surface area contributed by atoms with Crippen LogP contribution in [0.25, 0.3) is 0 Å². The maximum atomic E-state index is 13.2. The molecule has 0 radical (unpaired) electrons. The van der Waals surface area contributed by atoms with Crippen LogP contribution in [-0.2, 0) is 4.79 Å². The minimum Gasteiger partial charge on any atom is -0.345 e. The molecule has 0 aliphatic carbocycles. The highest BCUT2D eigenvalue weighted by Gasteiger charge is 2.30. The third-order valence-corrected chi connectivity index (χ3v) is 6.51. The average molecular weight is 439 g/mol. The Morgan fingerprint density at radius 1 is 1.03 bits per heavy atom. The zero-order valence-electron chi connectivity index (χ0n) is 16.5. The van der Waals surface area contributed by atoms with Crippen molar-refractivity contribution in [1.29, 1.82) is 0 Å². The number of nitrogens with zero attached hydrogens (tertiary/aromatic N) is 1. The Morgan fingerprint density at radius 3 is 2.57 bits per heavy atom. The molecule has 1 N–H and O–H groups in total. The van der Waals surface area contributed by atoms with E-state index < -0.39 is 0 Å². The number of halogens is 1. The number of amides is 2. The Balaban J connectivity index is 1.51. The molecular weight excluding hydrogens is 416 g/mol. The average Bonchev–Trinajstić information content (AvgIpc) is 3.32. The van der Waals surface area contributed by atoms with Gasteiger partial charge in [-0.3, -0.25) is 9.59 Å². The van der Waals surface area contributed by atoms with E-state index in [4.69, 9.17) is 11.6 Å². The van der Waals surface area contributed by atoms with Crippen LogP contribution in [0, 0.1) is 5.92 Å². The number of thiophene rings is 1. The Hall–Kier alpha value is -2.63. The van der Waals surface area contributed by atoms with Crippen molar-refractivity contribution in [3.63, 3.8) is 0 Å². The van der Waals surface area contributed by atoms with Crippen molar-refractivity contribution in [3.8, 4) is 0 Å². The Labute approximate surface area is 185 Å². The minimum atomic E-state index is -0.291. The summed E-state index contributed by atoms with van der Waals surface area (Å²) in [5, 5.41) is 5.74. The van der Waals surface area contributed by atoms with E-state index >= 15 is 0 Å². The van der Waals surface area contributed by atoms with E-state index in [1.54, 1.807) is 4.90 Å². The number of rotatable bonds is 5. The second-order valence-corrected chi connectivity index (χ2v) is 8.86. The quantitative estimate of drug-likeness (QED) is 0.598. The predicted octanol–water partition coefficient (Wildman–Crippen LogP) is 5.16. The summed E-state index contributed by atoms with van der Waals surface area (Å²) in [6, 6.07) is 20.9. The van der Waals surface area contributed by atoms with Gasteiger partial charge in [0.2, 0.25) is 5.91 Å². The van der Waals surface area contributed by atoms with E-state index in [-0.39, 0.29) is 23.8 Å². The molecular formula is C24H23ClN2O2S. The summed E-state index contributed by atoms with van der Waals surface area (Å²) < 4.78 is 0. The predicted molar refractivity (Wildman–Crippen MR) is 121 cm³/mol. The molecule has 30 heavy (non-hydrogen) atoms. The van der Waals surface area contributed by atoms with Crippen molar-refractivity contribution < 1.29 is 9.59 Å². The van der Waals surface area contributed by atoms with Gasteiger partial charge in [-0.25, -0.2) is 0 Å². The van der Waals surface area contributed by atoms with Gasteiger partial charge in [0.05, 0.1) is 16.8 Å². The van der Waals surface area contributed by atoms with Gasteiger partial charge in [0.15, 0.2) is 0 Å². The summed E-state index contributed by atoms with van der Waals surface area (Å²) in [4.78, 5) is 28.5. The van der Waals surface area contributed by atoms with Crippen molar-refractivity contribution in [1.82, 2.24) is 10.2 Å². The van der Waals surface area contributed by atoms with Gasteiger partial charge < -0.3 is 10.2 Å². The fourth-order valence-corrected chi connectivity index (χ4v) is 4.77. The molecule has 2 heterocycles. The molecule has 2 aromatic carbocycles. The molecule has 0 spiro atoms. The number of likely N-dealkylation sites (tertiary alicyclic amines) is 1. The molecule has 1 aliphatic rings. The van der Waals surface area contributed by atoms with E-state index in [0.29, 0.717) is 18.1 Å². The summed E-state index contributed by atoms with van der Waals surface area (Å²) in [5.41, 5.74) is 1.93. The molecule has 1 aromatic heterocycles. The molecule has 1 fully saturated rings. The van der Waals surface area contributed by atoms with Gasteiger partial charge in [-0.2, -0.15) is 0 Å². The SMILES string of the molecule is O=C(NC(c1ccccc1)c1cccc(Cl)c1)C1CCCN(C(=O)c2cccs2)C1. The van der Waals surface area contributed by atoms with Crippen LogP contribution in [0.1, 0.15) is 39.7 Å². The molecule has 1 saturated heterocycles. The second-order valence-electron chi connectivity index (χ2n) is 7.47. The first-order chi connectivity index (χ1) is 14.6. The summed E-state index contributed by atoms with van der Waals surface area (Å²) in [7, 11) is 0. The number of carbonyl (C=O) groups is 2. The van der Waals surface area contributed by atoms with E-state index in [1.807, 2.05) is 72.1 Å². The molecule has 4 nitrogen and oxygen atoms in total. The molecule has 2 atom stereocenters. The Bertz CT molecular complexity index is 1010. The highest BCUT2D eigenvalue weighted by Crippen LogP contribution is 2.27. The van der Waals surface area contributed by atoms with Crippen LogP contribution < -0.4 is 5.32 Å². The topological polar surface area (TPSA) is 49.4 Å². The van der Waals surface area contributed by atoms with E-state index in [1.165, 1.54) is 11.3 Å². The van der Waals surface area contributed by atoms with Crippen molar-refractivity contribution >= 4 is 34.8 Å². The second kappa shape index (κ2) is 9.45.